The van der Waals surface area contributed by atoms with E-state index in [2.05, 4.69) is 10.0 Å². The van der Waals surface area contributed by atoms with Crippen molar-refractivity contribution in [3.05, 3.63) is 59.2 Å². The van der Waals surface area contributed by atoms with Crippen LogP contribution < -0.4 is 14.8 Å². The molecule has 2 aromatic rings. The Morgan fingerprint density at radius 2 is 1.86 bits per heavy atom. The number of carbonyl (C=O) groups excluding carboxylic acids is 1. The minimum atomic E-state index is -4.47. The van der Waals surface area contributed by atoms with E-state index in [4.69, 9.17) is 4.74 Å². The summed E-state index contributed by atoms with van der Waals surface area (Å²) in [6.45, 7) is 1.63. The Hall–Kier alpha value is -2.59. The van der Waals surface area contributed by atoms with Gasteiger partial charge in [0.2, 0.25) is 10.0 Å². The van der Waals surface area contributed by atoms with Crippen molar-refractivity contribution < 1.29 is 31.1 Å². The van der Waals surface area contributed by atoms with Crippen LogP contribution in [-0.4, -0.2) is 34.5 Å². The highest BCUT2D eigenvalue weighted by atomic mass is 32.2. The Labute approximate surface area is 160 Å². The molecule has 2 aromatic carbocycles. The second kappa shape index (κ2) is 8.61. The van der Waals surface area contributed by atoms with Gasteiger partial charge >= 0.3 is 6.18 Å². The quantitative estimate of drug-likeness (QED) is 0.680. The van der Waals surface area contributed by atoms with E-state index >= 15 is 0 Å². The highest BCUT2D eigenvalue weighted by Gasteiger charge is 2.30. The molecule has 0 aromatic heterocycles. The zero-order chi connectivity index (χ0) is 20.9. The normalized spacial score (nSPS) is 11.9. The van der Waals surface area contributed by atoms with Crippen LogP contribution in [0.2, 0.25) is 0 Å². The van der Waals surface area contributed by atoms with Crippen molar-refractivity contribution >= 4 is 15.9 Å². The molecule has 0 aliphatic carbocycles. The number of alkyl halides is 3. The third-order valence-electron chi connectivity index (χ3n) is 3.85. The van der Waals surface area contributed by atoms with Crippen LogP contribution in [0.25, 0.3) is 0 Å². The Morgan fingerprint density at radius 3 is 2.50 bits per heavy atom. The van der Waals surface area contributed by atoms with E-state index in [1.54, 1.807) is 6.92 Å². The fourth-order valence-corrected chi connectivity index (χ4v) is 3.08. The van der Waals surface area contributed by atoms with Gasteiger partial charge in [0.15, 0.2) is 0 Å². The first kappa shape index (κ1) is 21.7. The van der Waals surface area contributed by atoms with Crippen molar-refractivity contribution in [1.29, 1.82) is 0 Å². The maximum atomic E-state index is 12.7. The minimum Gasteiger partial charge on any atom is -0.492 e. The van der Waals surface area contributed by atoms with E-state index in [0.717, 1.165) is 12.1 Å². The van der Waals surface area contributed by atoms with E-state index in [1.807, 2.05) is 0 Å². The average Bonchev–Trinajstić information content (AvgIpc) is 2.64. The van der Waals surface area contributed by atoms with Crippen LogP contribution in [0.3, 0.4) is 0 Å². The zero-order valence-corrected chi connectivity index (χ0v) is 15.9. The van der Waals surface area contributed by atoms with E-state index < -0.39 is 27.7 Å². The summed E-state index contributed by atoms with van der Waals surface area (Å²) >= 11 is 0. The Balaban J connectivity index is 1.97. The summed E-state index contributed by atoms with van der Waals surface area (Å²) in [5.41, 5.74) is -0.0750. The molecule has 0 spiro atoms. The predicted molar refractivity (Wildman–Crippen MR) is 96.7 cm³/mol. The molecule has 6 nitrogen and oxygen atoms in total. The van der Waals surface area contributed by atoms with Crippen molar-refractivity contribution in [2.24, 2.45) is 0 Å². The number of ether oxygens (including phenoxy) is 1. The Morgan fingerprint density at radius 1 is 1.14 bits per heavy atom. The molecule has 0 unspecified atom stereocenters. The highest BCUT2D eigenvalue weighted by molar-refractivity contribution is 7.89. The highest BCUT2D eigenvalue weighted by Crippen LogP contribution is 2.31. The van der Waals surface area contributed by atoms with Crippen molar-refractivity contribution in [1.82, 2.24) is 10.0 Å². The predicted octanol–water partition coefficient (Wildman–Crippen LogP) is 2.73. The van der Waals surface area contributed by atoms with Crippen molar-refractivity contribution in [3.63, 3.8) is 0 Å². The lowest BCUT2D eigenvalue weighted by molar-refractivity contribution is -0.137. The van der Waals surface area contributed by atoms with Gasteiger partial charge in [-0.2, -0.15) is 13.2 Å². The number of sulfonamides is 1. The zero-order valence-electron chi connectivity index (χ0n) is 15.1. The fraction of sp³-hybridized carbons (Fsp3) is 0.278. The first-order chi connectivity index (χ1) is 13.0. The van der Waals surface area contributed by atoms with Crippen LogP contribution in [0.1, 0.15) is 21.5 Å². The number of carbonyl (C=O) groups is 1. The molecule has 0 radical (unpaired) electrons. The van der Waals surface area contributed by atoms with Gasteiger partial charge in [-0.15, -0.1) is 0 Å². The number of aryl methyl sites for hydroxylation is 1. The van der Waals surface area contributed by atoms with Crippen molar-refractivity contribution in [2.75, 3.05) is 20.2 Å². The number of hydrogen-bond donors (Lipinski definition) is 2. The minimum absolute atomic E-state index is 0.0253. The topological polar surface area (TPSA) is 84.5 Å². The van der Waals surface area contributed by atoms with Crippen LogP contribution >= 0.6 is 0 Å². The van der Waals surface area contributed by atoms with Gasteiger partial charge in [-0.25, -0.2) is 13.1 Å². The molecular formula is C18H19F3N2O4S. The molecule has 0 saturated carbocycles. The SMILES string of the molecule is CNS(=O)(=O)c1ccc(C)c(C(=O)NCCOc2cccc(C(F)(F)F)c2)c1. The van der Waals surface area contributed by atoms with Crippen LogP contribution in [-0.2, 0) is 16.2 Å². The molecule has 2 rings (SSSR count). The number of benzene rings is 2. The second-order valence-corrected chi connectivity index (χ2v) is 7.70. The maximum absolute atomic E-state index is 12.7. The smallest absolute Gasteiger partial charge is 0.416 e. The second-order valence-electron chi connectivity index (χ2n) is 5.81. The lowest BCUT2D eigenvalue weighted by Gasteiger charge is -2.12. The molecular weight excluding hydrogens is 397 g/mol. The molecule has 1 amide bonds. The monoisotopic (exact) mass is 416 g/mol. The van der Waals surface area contributed by atoms with Crippen molar-refractivity contribution in [3.8, 4) is 5.75 Å². The van der Waals surface area contributed by atoms with Gasteiger partial charge in [-0.3, -0.25) is 4.79 Å². The third kappa shape index (κ3) is 5.46. The first-order valence-corrected chi connectivity index (χ1v) is 9.65. The molecule has 0 saturated heterocycles. The van der Waals surface area contributed by atoms with E-state index in [-0.39, 0.29) is 29.4 Å². The number of amides is 1. The summed E-state index contributed by atoms with van der Waals surface area (Å²) in [6, 6.07) is 8.57. The number of nitrogens with one attached hydrogen (secondary N) is 2. The van der Waals surface area contributed by atoms with Gasteiger partial charge in [0.25, 0.3) is 5.91 Å². The van der Waals surface area contributed by atoms with Crippen molar-refractivity contribution in [2.45, 2.75) is 18.0 Å². The third-order valence-corrected chi connectivity index (χ3v) is 5.26. The molecule has 0 aliphatic rings. The molecule has 28 heavy (non-hydrogen) atoms. The van der Waals surface area contributed by atoms with Gasteiger partial charge in [0, 0.05) is 5.56 Å². The number of rotatable bonds is 7. The fourth-order valence-electron chi connectivity index (χ4n) is 2.32. The lowest BCUT2D eigenvalue weighted by Crippen LogP contribution is -2.29. The summed E-state index contributed by atoms with van der Waals surface area (Å²) in [5, 5.41) is 2.55. The summed E-state index contributed by atoms with van der Waals surface area (Å²) in [5.74, 6) is -0.485. The number of hydrogen-bond acceptors (Lipinski definition) is 4. The van der Waals surface area contributed by atoms with Gasteiger partial charge < -0.3 is 10.1 Å². The van der Waals surface area contributed by atoms with Gasteiger partial charge in [-0.05, 0) is 49.9 Å². The summed E-state index contributed by atoms with van der Waals surface area (Å²) in [7, 11) is -2.43. The van der Waals surface area contributed by atoms with E-state index in [1.165, 1.54) is 37.4 Å². The van der Waals surface area contributed by atoms with E-state index in [0.29, 0.717) is 5.56 Å². The number of halogens is 3. The van der Waals surface area contributed by atoms with Crippen LogP contribution in [0.15, 0.2) is 47.4 Å². The summed E-state index contributed by atoms with van der Waals surface area (Å²) in [4.78, 5) is 12.2. The maximum Gasteiger partial charge on any atom is 0.416 e. The molecule has 152 valence electrons. The average molecular weight is 416 g/mol. The summed E-state index contributed by atoms with van der Waals surface area (Å²) in [6.07, 6.45) is -4.47. The van der Waals surface area contributed by atoms with E-state index in [9.17, 15) is 26.4 Å². The lowest BCUT2D eigenvalue weighted by atomic mass is 10.1. The van der Waals surface area contributed by atoms with Gasteiger partial charge in [0.05, 0.1) is 17.0 Å². The van der Waals surface area contributed by atoms with Gasteiger partial charge in [-0.1, -0.05) is 12.1 Å². The molecule has 0 atom stereocenters. The van der Waals surface area contributed by atoms with Gasteiger partial charge in [0.1, 0.15) is 12.4 Å². The van der Waals surface area contributed by atoms with Crippen LogP contribution in [0.5, 0.6) is 5.75 Å². The molecule has 10 heteroatoms. The standard InChI is InChI=1S/C18H19F3N2O4S/c1-12-6-7-15(28(25,26)22-2)11-16(12)17(24)23-8-9-27-14-5-3-4-13(10-14)18(19,20)21/h3-7,10-11,22H,8-9H2,1-2H3,(H,23,24). The largest absolute Gasteiger partial charge is 0.492 e. The molecule has 0 aliphatic heterocycles. The Bertz CT molecular complexity index is 960. The molecule has 2 N–H and O–H groups in total. The summed E-state index contributed by atoms with van der Waals surface area (Å²) < 4.78 is 69.1. The van der Waals surface area contributed by atoms with Crippen LogP contribution in [0, 0.1) is 6.92 Å². The molecule has 0 fully saturated rings. The van der Waals surface area contributed by atoms with Crippen LogP contribution in [0.4, 0.5) is 13.2 Å². The molecule has 0 bridgehead atoms. The molecule has 0 heterocycles. The Kier molecular flexibility index (Phi) is 6.68. The first-order valence-electron chi connectivity index (χ1n) is 8.17.